The van der Waals surface area contributed by atoms with Crippen LogP contribution in [0, 0.1) is 11.6 Å². The maximum absolute atomic E-state index is 13.2. The van der Waals surface area contributed by atoms with Gasteiger partial charge in [-0.2, -0.15) is 4.31 Å². The first-order valence-electron chi connectivity index (χ1n) is 5.55. The summed E-state index contributed by atoms with van der Waals surface area (Å²) in [6.45, 7) is 0.693. The predicted octanol–water partition coefficient (Wildman–Crippen LogP) is 1.38. The van der Waals surface area contributed by atoms with Crippen LogP contribution in [0.2, 0.25) is 0 Å². The highest BCUT2D eigenvalue weighted by Crippen LogP contribution is 2.18. The largest absolute Gasteiger partial charge is 0.489 e. The lowest BCUT2D eigenvalue weighted by Gasteiger charge is -2.14. The highest BCUT2D eigenvalue weighted by molar-refractivity contribution is 7.89. The number of halogens is 2. The molecule has 1 fully saturated rings. The van der Waals surface area contributed by atoms with Gasteiger partial charge in [-0.15, -0.1) is 0 Å². The van der Waals surface area contributed by atoms with Crippen LogP contribution in [-0.2, 0) is 10.0 Å². The van der Waals surface area contributed by atoms with E-state index in [1.165, 1.54) is 10.4 Å². The van der Waals surface area contributed by atoms with Gasteiger partial charge in [-0.05, 0) is 18.6 Å². The first-order chi connectivity index (χ1) is 8.49. The van der Waals surface area contributed by atoms with Gasteiger partial charge in [0.05, 0.1) is 5.75 Å². The molecule has 1 aromatic rings. The summed E-state index contributed by atoms with van der Waals surface area (Å²) in [6.07, 6.45) is 0.604. The van der Waals surface area contributed by atoms with Crippen molar-refractivity contribution in [2.45, 2.75) is 6.42 Å². The zero-order chi connectivity index (χ0) is 13.2. The van der Waals surface area contributed by atoms with E-state index in [0.29, 0.717) is 13.0 Å². The molecule has 1 aliphatic heterocycles. The van der Waals surface area contributed by atoms with Crippen LogP contribution in [0.5, 0.6) is 5.75 Å². The van der Waals surface area contributed by atoms with E-state index in [1.54, 1.807) is 0 Å². The molecule has 0 aliphatic carbocycles. The summed E-state index contributed by atoms with van der Waals surface area (Å²) in [5, 5.41) is 0. The molecule has 4 nitrogen and oxygen atoms in total. The van der Waals surface area contributed by atoms with Crippen LogP contribution < -0.4 is 4.74 Å². The molecule has 0 atom stereocenters. The van der Waals surface area contributed by atoms with Crippen LogP contribution in [0.25, 0.3) is 0 Å². The van der Waals surface area contributed by atoms with Crippen molar-refractivity contribution in [2.75, 3.05) is 25.4 Å². The topological polar surface area (TPSA) is 46.6 Å². The fraction of sp³-hybridized carbons (Fsp3) is 0.455. The minimum Gasteiger partial charge on any atom is -0.489 e. The number of hydrogen-bond donors (Lipinski definition) is 0. The van der Waals surface area contributed by atoms with Gasteiger partial charge in [0.15, 0.2) is 11.6 Å². The lowest BCUT2D eigenvalue weighted by atomic mass is 10.3. The lowest BCUT2D eigenvalue weighted by molar-refractivity contribution is 0.268. The fourth-order valence-corrected chi connectivity index (χ4v) is 3.30. The van der Waals surface area contributed by atoms with E-state index in [9.17, 15) is 17.2 Å². The molecule has 2 rings (SSSR count). The summed E-state index contributed by atoms with van der Waals surface area (Å²) in [5.74, 6) is -1.40. The van der Waals surface area contributed by atoms with Crippen molar-refractivity contribution in [2.24, 2.45) is 0 Å². The number of ether oxygens (including phenoxy) is 1. The second-order valence-electron chi connectivity index (χ2n) is 3.99. The fourth-order valence-electron chi connectivity index (χ4n) is 1.79. The van der Waals surface area contributed by atoms with Crippen molar-refractivity contribution in [3.8, 4) is 5.75 Å². The number of hydrogen-bond acceptors (Lipinski definition) is 3. The summed E-state index contributed by atoms with van der Waals surface area (Å²) >= 11 is 0. The van der Waals surface area contributed by atoms with E-state index >= 15 is 0 Å². The first kappa shape index (κ1) is 13.2. The van der Waals surface area contributed by atoms with Gasteiger partial charge in [-0.25, -0.2) is 17.2 Å². The maximum Gasteiger partial charge on any atom is 0.214 e. The van der Waals surface area contributed by atoms with Crippen molar-refractivity contribution in [3.05, 3.63) is 29.8 Å². The molecule has 0 saturated carbocycles. The minimum absolute atomic E-state index is 0.0434. The minimum atomic E-state index is -3.16. The Bertz CT molecular complexity index is 533. The summed E-state index contributed by atoms with van der Waals surface area (Å²) in [7, 11) is -3.16. The Morgan fingerprint density at radius 3 is 2.72 bits per heavy atom. The highest BCUT2D eigenvalue weighted by atomic mass is 32.2. The molecule has 1 heterocycles. The smallest absolute Gasteiger partial charge is 0.214 e. The normalized spacial score (nSPS) is 19.0. The van der Waals surface area contributed by atoms with Crippen molar-refractivity contribution in [1.82, 2.24) is 4.31 Å². The third-order valence-corrected chi connectivity index (χ3v) is 4.65. The molecule has 100 valence electrons. The molecule has 0 unspecified atom stereocenters. The van der Waals surface area contributed by atoms with Crippen molar-refractivity contribution in [3.63, 3.8) is 0 Å². The Hall–Kier alpha value is -1.21. The number of rotatable bonds is 4. The number of nitrogens with zero attached hydrogens (tertiary/aromatic N) is 1. The van der Waals surface area contributed by atoms with Crippen molar-refractivity contribution < 1.29 is 21.9 Å². The summed E-state index contributed by atoms with van der Waals surface area (Å²) in [6, 6.07) is 3.00. The molecule has 1 saturated heterocycles. The van der Waals surface area contributed by atoms with Crippen LogP contribution in [0.15, 0.2) is 18.2 Å². The van der Waals surface area contributed by atoms with Crippen LogP contribution in [-0.4, -0.2) is 38.2 Å². The lowest BCUT2D eigenvalue weighted by Crippen LogP contribution is -2.30. The molecule has 0 bridgehead atoms. The zero-order valence-corrected chi connectivity index (χ0v) is 10.4. The maximum atomic E-state index is 13.2. The zero-order valence-electron chi connectivity index (χ0n) is 9.60. The summed E-state index contributed by atoms with van der Waals surface area (Å²) in [5.41, 5.74) is 0. The van der Waals surface area contributed by atoms with Crippen molar-refractivity contribution >= 4 is 10.0 Å². The third kappa shape index (κ3) is 2.97. The van der Waals surface area contributed by atoms with Crippen LogP contribution in [0.1, 0.15) is 6.42 Å². The molecular formula is C11H13F2NO3S. The molecular weight excluding hydrogens is 264 g/mol. The molecule has 1 aromatic carbocycles. The van der Waals surface area contributed by atoms with Gasteiger partial charge < -0.3 is 4.74 Å². The highest BCUT2D eigenvalue weighted by Gasteiger charge is 2.27. The molecule has 0 amide bonds. The van der Waals surface area contributed by atoms with E-state index in [-0.39, 0.29) is 24.7 Å². The molecule has 0 N–H and O–H groups in total. The Morgan fingerprint density at radius 2 is 2.11 bits per heavy atom. The third-order valence-electron chi connectivity index (χ3n) is 2.70. The Kier molecular flexibility index (Phi) is 3.82. The molecule has 0 radical (unpaired) electrons. The monoisotopic (exact) mass is 277 g/mol. The Balaban J connectivity index is 1.89. The average molecular weight is 277 g/mol. The second kappa shape index (κ2) is 5.19. The second-order valence-corrected chi connectivity index (χ2v) is 6.08. The summed E-state index contributed by atoms with van der Waals surface area (Å²) < 4.78 is 55.2. The standard InChI is InChI=1S/C11H13F2NO3S/c12-9-2-3-11(10(13)8-9)17-6-5-14-4-1-7-18(14,15)16/h2-3,8H,1,4-7H2. The average Bonchev–Trinajstić information content (AvgIpc) is 2.61. The quantitative estimate of drug-likeness (QED) is 0.835. The van der Waals surface area contributed by atoms with Gasteiger partial charge >= 0.3 is 0 Å². The molecule has 0 aromatic heterocycles. The van der Waals surface area contributed by atoms with E-state index in [0.717, 1.165) is 12.1 Å². The number of sulfonamides is 1. The Labute approximate surface area is 104 Å². The van der Waals surface area contributed by atoms with E-state index in [4.69, 9.17) is 4.74 Å². The van der Waals surface area contributed by atoms with Gasteiger partial charge in [0.1, 0.15) is 12.4 Å². The van der Waals surface area contributed by atoms with Gasteiger partial charge in [-0.3, -0.25) is 0 Å². The van der Waals surface area contributed by atoms with Gasteiger partial charge in [0, 0.05) is 19.2 Å². The van der Waals surface area contributed by atoms with Crippen molar-refractivity contribution in [1.29, 1.82) is 0 Å². The van der Waals surface area contributed by atoms with Gasteiger partial charge in [-0.1, -0.05) is 0 Å². The van der Waals surface area contributed by atoms with E-state index in [1.807, 2.05) is 0 Å². The molecule has 0 spiro atoms. The van der Waals surface area contributed by atoms with Gasteiger partial charge in [0.2, 0.25) is 10.0 Å². The van der Waals surface area contributed by atoms with E-state index in [2.05, 4.69) is 0 Å². The predicted molar refractivity (Wildman–Crippen MR) is 61.8 cm³/mol. The molecule has 1 aliphatic rings. The van der Waals surface area contributed by atoms with Gasteiger partial charge in [0.25, 0.3) is 0 Å². The Morgan fingerprint density at radius 1 is 1.33 bits per heavy atom. The van der Waals surface area contributed by atoms with Crippen LogP contribution in [0.3, 0.4) is 0 Å². The van der Waals surface area contributed by atoms with E-state index < -0.39 is 21.7 Å². The first-order valence-corrected chi connectivity index (χ1v) is 7.16. The van der Waals surface area contributed by atoms with Crippen LogP contribution in [0.4, 0.5) is 8.78 Å². The molecule has 18 heavy (non-hydrogen) atoms. The molecule has 7 heteroatoms. The summed E-state index contributed by atoms with van der Waals surface area (Å²) in [4.78, 5) is 0. The number of benzene rings is 1. The SMILES string of the molecule is O=S1(=O)CCCN1CCOc1ccc(F)cc1F. The van der Waals surface area contributed by atoms with Crippen LogP contribution >= 0.6 is 0 Å².